The molecule has 1 aliphatic heterocycles. The molecule has 11 heteroatoms. The third-order valence-electron chi connectivity index (χ3n) is 6.91. The molecule has 2 aromatic heterocycles. The molecule has 3 aromatic rings. The fourth-order valence-electron chi connectivity index (χ4n) is 4.40. The largest absolute Gasteiger partial charge is 0.495 e. The number of nitriles is 1. The van der Waals surface area contributed by atoms with Crippen LogP contribution in [0.5, 0.6) is 5.75 Å². The van der Waals surface area contributed by atoms with Crippen LogP contribution in [-0.4, -0.2) is 64.6 Å². The Labute approximate surface area is 208 Å². The van der Waals surface area contributed by atoms with Crippen molar-refractivity contribution in [2.75, 3.05) is 37.9 Å². The number of ether oxygens (including phenoxy) is 1. The summed E-state index contributed by atoms with van der Waals surface area (Å²) in [6.45, 7) is 3.85. The number of hydrogen-bond acceptors (Lipinski definition) is 8. The van der Waals surface area contributed by atoms with E-state index in [1.54, 1.807) is 6.20 Å². The quantitative estimate of drug-likeness (QED) is 0.394. The van der Waals surface area contributed by atoms with Gasteiger partial charge in [-0.3, -0.25) is 4.79 Å². The summed E-state index contributed by atoms with van der Waals surface area (Å²) in [7, 11) is 3.49. The van der Waals surface area contributed by atoms with E-state index in [1.165, 1.54) is 19.2 Å². The lowest BCUT2D eigenvalue weighted by molar-refractivity contribution is 0.0912. The Kier molecular flexibility index (Phi) is 6.14. The van der Waals surface area contributed by atoms with E-state index in [9.17, 15) is 10.1 Å². The summed E-state index contributed by atoms with van der Waals surface area (Å²) in [5, 5.41) is 19.5. The maximum absolute atomic E-state index is 15.1. The van der Waals surface area contributed by atoms with E-state index in [0.717, 1.165) is 38.8 Å². The molecule has 36 heavy (non-hydrogen) atoms. The zero-order chi connectivity index (χ0) is 25.4. The number of methoxy groups -OCH3 is 1. The van der Waals surface area contributed by atoms with Crippen molar-refractivity contribution in [1.29, 1.82) is 5.26 Å². The number of aromatic amines is 1. The van der Waals surface area contributed by atoms with Gasteiger partial charge in [-0.25, -0.2) is 4.39 Å². The molecule has 0 unspecified atom stereocenters. The molecule has 0 bridgehead atoms. The van der Waals surface area contributed by atoms with E-state index < -0.39 is 11.7 Å². The Bertz CT molecular complexity index is 1350. The summed E-state index contributed by atoms with van der Waals surface area (Å²) in [5.41, 5.74) is 1.02. The predicted molar refractivity (Wildman–Crippen MR) is 134 cm³/mol. The molecule has 3 heterocycles. The minimum absolute atomic E-state index is 0.00960. The standard InChI is InChI=1S/C25H29FN8O2/c1-25(6-7-25)33-22-20-14(12-27)13-28-21(20)31-24(32-22)30-18-11-17(26)16(10-19(18)36-3)23(35)29-15-4-8-34(2)9-5-15/h10-11,13,15H,4-9H2,1-3H3,(H,29,35)(H3,28,30,31,32,33). The smallest absolute Gasteiger partial charge is 0.254 e. The van der Waals surface area contributed by atoms with Gasteiger partial charge in [0.1, 0.15) is 29.1 Å². The molecular weight excluding hydrogens is 463 g/mol. The predicted octanol–water partition coefficient (Wildman–Crippen LogP) is 3.51. The van der Waals surface area contributed by atoms with Gasteiger partial charge in [-0.05, 0) is 58.8 Å². The number of anilines is 3. The molecule has 2 aliphatic rings. The molecule has 5 rings (SSSR count). The van der Waals surface area contributed by atoms with Gasteiger partial charge in [0.25, 0.3) is 5.91 Å². The number of halogens is 1. The lowest BCUT2D eigenvalue weighted by Crippen LogP contribution is -2.43. The average molecular weight is 493 g/mol. The van der Waals surface area contributed by atoms with E-state index in [0.29, 0.717) is 22.4 Å². The second-order valence-corrected chi connectivity index (χ2v) is 9.83. The first-order valence-corrected chi connectivity index (χ1v) is 12.0. The number of aromatic nitrogens is 3. The lowest BCUT2D eigenvalue weighted by atomic mass is 10.0. The average Bonchev–Trinajstić information content (AvgIpc) is 3.42. The molecule has 0 radical (unpaired) electrons. The Morgan fingerprint density at radius 2 is 2.06 bits per heavy atom. The molecule has 2 fully saturated rings. The van der Waals surface area contributed by atoms with Crippen molar-refractivity contribution in [3.05, 3.63) is 35.3 Å². The van der Waals surface area contributed by atoms with Gasteiger partial charge in [0, 0.05) is 23.8 Å². The van der Waals surface area contributed by atoms with Gasteiger partial charge in [0.05, 0.1) is 29.3 Å². The molecule has 1 saturated carbocycles. The Balaban J connectivity index is 1.42. The highest BCUT2D eigenvalue weighted by Crippen LogP contribution is 2.40. The molecule has 188 valence electrons. The van der Waals surface area contributed by atoms with Gasteiger partial charge < -0.3 is 30.6 Å². The summed E-state index contributed by atoms with van der Waals surface area (Å²) in [4.78, 5) is 27.1. The molecule has 1 amide bonds. The summed E-state index contributed by atoms with van der Waals surface area (Å²) in [6, 6.07) is 4.76. The van der Waals surface area contributed by atoms with Gasteiger partial charge in [0.2, 0.25) is 5.95 Å². The third-order valence-corrected chi connectivity index (χ3v) is 6.91. The molecule has 0 spiro atoms. The first-order valence-electron chi connectivity index (χ1n) is 12.0. The van der Waals surface area contributed by atoms with Crippen LogP contribution in [0.25, 0.3) is 11.0 Å². The van der Waals surface area contributed by atoms with Crippen molar-refractivity contribution >= 4 is 34.4 Å². The highest BCUT2D eigenvalue weighted by molar-refractivity contribution is 5.96. The summed E-state index contributed by atoms with van der Waals surface area (Å²) in [5.74, 6) is -0.151. The summed E-state index contributed by atoms with van der Waals surface area (Å²) >= 11 is 0. The fraction of sp³-hybridized carbons (Fsp3) is 0.440. The van der Waals surface area contributed by atoms with Crippen LogP contribution in [0.1, 0.15) is 48.5 Å². The number of nitrogens with one attached hydrogen (secondary N) is 4. The number of carbonyl (C=O) groups excluding carboxylic acids is 1. The third kappa shape index (κ3) is 4.77. The molecule has 1 aliphatic carbocycles. The van der Waals surface area contributed by atoms with Gasteiger partial charge >= 0.3 is 0 Å². The number of benzene rings is 1. The Morgan fingerprint density at radius 3 is 2.72 bits per heavy atom. The van der Waals surface area contributed by atoms with Crippen LogP contribution in [0.15, 0.2) is 18.3 Å². The highest BCUT2D eigenvalue weighted by atomic mass is 19.1. The second-order valence-electron chi connectivity index (χ2n) is 9.83. The topological polar surface area (TPSA) is 131 Å². The van der Waals surface area contributed by atoms with Crippen molar-refractivity contribution in [2.24, 2.45) is 0 Å². The van der Waals surface area contributed by atoms with Crippen molar-refractivity contribution in [2.45, 2.75) is 44.2 Å². The number of piperidine rings is 1. The minimum atomic E-state index is -0.680. The first kappa shape index (κ1) is 23.8. The highest BCUT2D eigenvalue weighted by Gasteiger charge is 2.38. The number of amides is 1. The Morgan fingerprint density at radius 1 is 1.31 bits per heavy atom. The van der Waals surface area contributed by atoms with E-state index >= 15 is 4.39 Å². The number of nitrogens with zero attached hydrogens (tertiary/aromatic N) is 4. The zero-order valence-corrected chi connectivity index (χ0v) is 20.5. The van der Waals surface area contributed by atoms with Gasteiger partial charge in [-0.1, -0.05) is 0 Å². The van der Waals surface area contributed by atoms with Gasteiger partial charge in [-0.2, -0.15) is 15.2 Å². The van der Waals surface area contributed by atoms with E-state index in [1.807, 2.05) is 7.05 Å². The van der Waals surface area contributed by atoms with Crippen LogP contribution in [0, 0.1) is 17.1 Å². The van der Waals surface area contributed by atoms with Crippen molar-refractivity contribution in [3.8, 4) is 11.8 Å². The van der Waals surface area contributed by atoms with Crippen LogP contribution >= 0.6 is 0 Å². The summed E-state index contributed by atoms with van der Waals surface area (Å²) < 4.78 is 20.5. The number of H-pyrrole nitrogens is 1. The number of hydrogen-bond donors (Lipinski definition) is 4. The normalized spacial score (nSPS) is 17.4. The van der Waals surface area contributed by atoms with E-state index in [4.69, 9.17) is 4.74 Å². The number of likely N-dealkylation sites (tertiary alicyclic amines) is 1. The monoisotopic (exact) mass is 492 g/mol. The van der Waals surface area contributed by atoms with Crippen molar-refractivity contribution in [1.82, 2.24) is 25.2 Å². The maximum Gasteiger partial charge on any atom is 0.254 e. The van der Waals surface area contributed by atoms with Crippen LogP contribution in [0.3, 0.4) is 0 Å². The second kappa shape index (κ2) is 9.28. The zero-order valence-electron chi connectivity index (χ0n) is 20.5. The van der Waals surface area contributed by atoms with Crippen LogP contribution < -0.4 is 20.7 Å². The summed E-state index contributed by atoms with van der Waals surface area (Å²) in [6.07, 6.45) is 5.22. The van der Waals surface area contributed by atoms with Gasteiger partial charge in [-0.15, -0.1) is 0 Å². The van der Waals surface area contributed by atoms with Crippen LogP contribution in [0.2, 0.25) is 0 Å². The number of fused-ring (bicyclic) bond motifs is 1. The van der Waals surface area contributed by atoms with E-state index in [2.05, 4.69) is 48.8 Å². The SMILES string of the molecule is COc1cc(C(=O)NC2CCN(C)CC2)c(F)cc1Nc1nc(NC2(C)CC2)c2c(C#N)c[nH]c2n1. The van der Waals surface area contributed by atoms with Crippen LogP contribution in [-0.2, 0) is 0 Å². The molecule has 10 nitrogen and oxygen atoms in total. The number of rotatable bonds is 7. The van der Waals surface area contributed by atoms with Crippen molar-refractivity contribution in [3.63, 3.8) is 0 Å². The minimum Gasteiger partial charge on any atom is -0.495 e. The Hall–Kier alpha value is -3.91. The molecule has 0 atom stereocenters. The molecular formula is C25H29FN8O2. The molecule has 1 saturated heterocycles. The molecule has 4 N–H and O–H groups in total. The van der Waals surface area contributed by atoms with Gasteiger partial charge in [0.15, 0.2) is 0 Å². The molecule has 1 aromatic carbocycles. The number of carbonyl (C=O) groups is 1. The van der Waals surface area contributed by atoms with Crippen LogP contribution in [0.4, 0.5) is 21.8 Å². The maximum atomic E-state index is 15.1. The first-order chi connectivity index (χ1) is 17.3. The fourth-order valence-corrected chi connectivity index (χ4v) is 4.40. The van der Waals surface area contributed by atoms with Crippen molar-refractivity contribution < 1.29 is 13.9 Å². The lowest BCUT2D eigenvalue weighted by Gasteiger charge is -2.29. The van der Waals surface area contributed by atoms with E-state index in [-0.39, 0.29) is 34.5 Å².